The monoisotopic (exact) mass is 851 g/mol. The predicted octanol–water partition coefficient (Wildman–Crippen LogP) is 7.71. The number of rotatable bonds is 8. The molecule has 11 nitrogen and oxygen atoms in total. The van der Waals surface area contributed by atoms with Gasteiger partial charge >= 0.3 is 0 Å². The van der Waals surface area contributed by atoms with E-state index >= 15 is 0 Å². The molecule has 5 amide bonds. The highest BCUT2D eigenvalue weighted by atomic mass is 19.1. The fourth-order valence-corrected chi connectivity index (χ4v) is 11.9. The minimum atomic E-state index is -0.969. The third-order valence-corrected chi connectivity index (χ3v) is 14.9. The molecule has 12 heteroatoms. The van der Waals surface area contributed by atoms with Crippen LogP contribution in [0.15, 0.2) is 48.5 Å². The molecule has 0 aromatic heterocycles. The summed E-state index contributed by atoms with van der Waals surface area (Å²) in [6, 6.07) is 15.2. The number of nitriles is 1. The quantitative estimate of drug-likeness (QED) is 0.138. The van der Waals surface area contributed by atoms with Crippen LogP contribution < -0.4 is 15.0 Å². The van der Waals surface area contributed by atoms with Crippen molar-refractivity contribution in [2.45, 2.75) is 117 Å². The molecule has 4 fully saturated rings. The van der Waals surface area contributed by atoms with Crippen molar-refractivity contribution in [1.82, 2.24) is 15.1 Å². The van der Waals surface area contributed by atoms with Crippen molar-refractivity contribution in [2.24, 2.45) is 28.6 Å². The second-order valence-corrected chi connectivity index (χ2v) is 19.9. The number of carbonyl (C=O) groups excluding carboxylic acids is 5. The summed E-state index contributed by atoms with van der Waals surface area (Å²) in [5.41, 5.74) is 3.61. The molecule has 4 aliphatic heterocycles. The average Bonchev–Trinajstić information content (AvgIpc) is 3.53. The van der Waals surface area contributed by atoms with Gasteiger partial charge in [0.15, 0.2) is 0 Å². The second-order valence-electron chi connectivity index (χ2n) is 19.9. The fourth-order valence-electron chi connectivity index (χ4n) is 11.9. The van der Waals surface area contributed by atoms with E-state index in [0.29, 0.717) is 52.3 Å². The lowest BCUT2D eigenvalue weighted by Gasteiger charge is -2.65. The number of benzene rings is 3. The van der Waals surface area contributed by atoms with Gasteiger partial charge in [-0.2, -0.15) is 5.26 Å². The lowest BCUT2D eigenvalue weighted by atomic mass is 9.49. The van der Waals surface area contributed by atoms with E-state index in [0.717, 1.165) is 66.9 Å². The van der Waals surface area contributed by atoms with Gasteiger partial charge in [0.05, 0.1) is 16.7 Å². The zero-order valence-electron chi connectivity index (χ0n) is 36.7. The molecule has 0 radical (unpaired) electrons. The average molecular weight is 852 g/mol. The smallest absolute Gasteiger partial charge is 0.262 e. The molecule has 1 N–H and O–H groups in total. The van der Waals surface area contributed by atoms with Crippen LogP contribution in [0.2, 0.25) is 0 Å². The summed E-state index contributed by atoms with van der Waals surface area (Å²) in [5.74, 6) is 6.53. The summed E-state index contributed by atoms with van der Waals surface area (Å²) >= 11 is 0. The number of imide groups is 2. The molecular weight excluding hydrogens is 798 g/mol. The number of anilines is 1. The summed E-state index contributed by atoms with van der Waals surface area (Å²) in [6.07, 6.45) is 7.96. The third-order valence-electron chi connectivity index (χ3n) is 14.9. The Balaban J connectivity index is 0.752. The Labute approximate surface area is 368 Å². The number of nitrogens with one attached hydrogen (secondary N) is 1. The highest BCUT2D eigenvalue weighted by Gasteiger charge is 2.67. The number of carbonyl (C=O) groups is 5. The number of hydrogen-bond acceptors (Lipinski definition) is 8. The van der Waals surface area contributed by atoms with Crippen molar-refractivity contribution in [1.29, 1.82) is 5.26 Å². The Morgan fingerprint density at radius 2 is 1.56 bits per heavy atom. The van der Waals surface area contributed by atoms with Crippen molar-refractivity contribution >= 4 is 35.2 Å². The van der Waals surface area contributed by atoms with Gasteiger partial charge in [-0.1, -0.05) is 58.8 Å². The van der Waals surface area contributed by atoms with Gasteiger partial charge in [0.1, 0.15) is 29.8 Å². The zero-order chi connectivity index (χ0) is 44.5. The molecule has 4 heterocycles. The normalized spacial score (nSPS) is 26.1. The molecule has 0 bridgehead atoms. The molecule has 6 aliphatic rings. The first kappa shape index (κ1) is 42.3. The van der Waals surface area contributed by atoms with E-state index in [4.69, 9.17) is 4.74 Å². The van der Waals surface area contributed by atoms with E-state index in [-0.39, 0.29) is 36.5 Å². The lowest BCUT2D eigenvalue weighted by Crippen LogP contribution is -2.74. The van der Waals surface area contributed by atoms with Gasteiger partial charge in [-0.05, 0) is 105 Å². The number of amides is 5. The number of fused-ring (bicyclic) bond motifs is 2. The van der Waals surface area contributed by atoms with Crippen molar-refractivity contribution < 1.29 is 33.1 Å². The lowest BCUT2D eigenvalue weighted by molar-refractivity contribution is -0.199. The van der Waals surface area contributed by atoms with E-state index in [1.807, 2.05) is 29.2 Å². The molecule has 326 valence electrons. The minimum absolute atomic E-state index is 0.00946. The second kappa shape index (κ2) is 16.0. The number of halogens is 1. The van der Waals surface area contributed by atoms with Crippen LogP contribution in [0.3, 0.4) is 0 Å². The highest BCUT2D eigenvalue weighted by molar-refractivity contribution is 6.23. The maximum atomic E-state index is 14.8. The molecular formula is C51H54FN5O6. The van der Waals surface area contributed by atoms with Gasteiger partial charge in [0.2, 0.25) is 11.8 Å². The van der Waals surface area contributed by atoms with Crippen molar-refractivity contribution in [3.63, 3.8) is 0 Å². The van der Waals surface area contributed by atoms with Gasteiger partial charge in [-0.15, -0.1) is 0 Å². The third kappa shape index (κ3) is 7.35. The molecule has 3 atom stereocenters. The van der Waals surface area contributed by atoms with Crippen LogP contribution in [-0.2, 0) is 16.1 Å². The van der Waals surface area contributed by atoms with Gasteiger partial charge < -0.3 is 14.5 Å². The number of piperidine rings is 1. The summed E-state index contributed by atoms with van der Waals surface area (Å²) in [7, 11) is 0. The van der Waals surface area contributed by atoms with Gasteiger partial charge in [-0.3, -0.25) is 34.2 Å². The van der Waals surface area contributed by atoms with Crippen LogP contribution >= 0.6 is 0 Å². The Morgan fingerprint density at radius 3 is 2.30 bits per heavy atom. The molecule has 3 aromatic carbocycles. The Kier molecular flexibility index (Phi) is 10.7. The van der Waals surface area contributed by atoms with Crippen molar-refractivity contribution in [2.75, 3.05) is 18.0 Å². The first-order valence-corrected chi connectivity index (χ1v) is 22.5. The van der Waals surface area contributed by atoms with Gasteiger partial charge in [0.25, 0.3) is 17.7 Å². The van der Waals surface area contributed by atoms with E-state index in [9.17, 15) is 33.6 Å². The fraction of sp³-hybridized carbons (Fsp3) is 0.490. The van der Waals surface area contributed by atoms with E-state index < -0.39 is 46.3 Å². The zero-order valence-corrected chi connectivity index (χ0v) is 36.7. The van der Waals surface area contributed by atoms with Crippen LogP contribution in [0, 0.1) is 64.5 Å². The van der Waals surface area contributed by atoms with Crippen LogP contribution in [0.5, 0.6) is 5.75 Å². The summed E-state index contributed by atoms with van der Waals surface area (Å²) in [6.45, 7) is 12.3. The molecule has 2 saturated carbocycles. The largest absolute Gasteiger partial charge is 0.489 e. The van der Waals surface area contributed by atoms with E-state index in [2.05, 4.69) is 55.8 Å². The Morgan fingerprint density at radius 1 is 0.825 bits per heavy atom. The first-order chi connectivity index (χ1) is 30.1. The van der Waals surface area contributed by atoms with E-state index in [1.54, 1.807) is 25.1 Å². The van der Waals surface area contributed by atoms with Crippen LogP contribution in [0.25, 0.3) is 0 Å². The first-order valence-electron chi connectivity index (χ1n) is 22.5. The van der Waals surface area contributed by atoms with Gasteiger partial charge in [-0.25, -0.2) is 4.39 Å². The SMILES string of the molecule is Cc1c(OC2C(C)(C)C(N3Cc4cc(C#CC5CCCC(CCC6CN(c7ccc8c(c7)C(=O)N(C7CCC(=O)NC7=O)C8=O)C6)CC5)ccc4C3=O)C2(C)C)ccc(C#N)c1F. The van der Waals surface area contributed by atoms with Crippen LogP contribution in [0.1, 0.15) is 139 Å². The van der Waals surface area contributed by atoms with Crippen LogP contribution in [0.4, 0.5) is 10.1 Å². The van der Waals surface area contributed by atoms with Gasteiger partial charge in [0, 0.05) is 71.2 Å². The maximum absolute atomic E-state index is 14.8. The Bertz CT molecular complexity index is 2540. The number of ether oxygens (including phenoxy) is 1. The van der Waals surface area contributed by atoms with Crippen molar-refractivity contribution in [3.05, 3.63) is 93.3 Å². The standard InChI is InChI=1S/C51H54FN5O6/c1-29-41(21-16-34(25-53)43(29)52)63-49-50(2,3)48(51(49,4)5)56-28-35-23-32(15-18-37(35)45(56)60)13-11-30-7-6-8-31(10-9-30)12-14-33-26-55(27-33)36-17-19-38-39(24-36)47(62)57(46(38)61)40-20-22-42(58)54-44(40)59/h15-19,21,23-24,30-31,33,40,48-49H,6-10,12,14,20,22,26-28H2,1-5H3,(H,54,58,59). The number of nitrogens with zero attached hydrogens (tertiary/aromatic N) is 4. The molecule has 63 heavy (non-hydrogen) atoms. The summed E-state index contributed by atoms with van der Waals surface area (Å²) in [5, 5.41) is 11.5. The summed E-state index contributed by atoms with van der Waals surface area (Å²) in [4.78, 5) is 69.6. The molecule has 2 saturated heterocycles. The molecule has 9 rings (SSSR count). The van der Waals surface area contributed by atoms with E-state index in [1.165, 1.54) is 18.9 Å². The minimum Gasteiger partial charge on any atom is -0.489 e. The molecule has 0 spiro atoms. The topological polar surface area (TPSA) is 140 Å². The highest BCUT2D eigenvalue weighted by Crippen LogP contribution is 2.59. The maximum Gasteiger partial charge on any atom is 0.262 e. The molecule has 2 aliphatic carbocycles. The molecule has 3 unspecified atom stereocenters. The number of hydrogen-bond donors (Lipinski definition) is 1. The predicted molar refractivity (Wildman–Crippen MR) is 233 cm³/mol. The van der Waals surface area contributed by atoms with Crippen molar-refractivity contribution in [3.8, 4) is 23.7 Å². The van der Waals surface area contributed by atoms with Crippen LogP contribution in [-0.4, -0.2) is 70.6 Å². The summed E-state index contributed by atoms with van der Waals surface area (Å²) < 4.78 is 21.3. The Hall–Kier alpha value is -6.01. The molecule has 3 aromatic rings.